The van der Waals surface area contributed by atoms with E-state index >= 15 is 0 Å². The molecular formula is C17H15NO4. The molecule has 0 unspecified atom stereocenters. The molecule has 5 nitrogen and oxygen atoms in total. The number of carboxylic acids is 1. The van der Waals surface area contributed by atoms with Crippen molar-refractivity contribution in [2.75, 3.05) is 0 Å². The summed E-state index contributed by atoms with van der Waals surface area (Å²) in [4.78, 5) is 11.0. The first kappa shape index (κ1) is 14.0. The number of nitrogens with zero attached hydrogens (tertiary/aromatic N) is 1. The first-order chi connectivity index (χ1) is 10.5. The standard InChI is InChI=1S/C17H15NO4/c19-13-6-4-11(5-7-13)9-18-10-12(8-16(21)22)17-14(18)2-1-3-15(17)20/h1-7,10,19-20H,8-9H2,(H,21,22). The van der Waals surface area contributed by atoms with Gasteiger partial charge in [-0.25, -0.2) is 0 Å². The van der Waals surface area contributed by atoms with Crippen LogP contribution in [0, 0.1) is 0 Å². The molecule has 0 spiro atoms. The van der Waals surface area contributed by atoms with Crippen LogP contribution < -0.4 is 0 Å². The number of benzene rings is 2. The highest BCUT2D eigenvalue weighted by Crippen LogP contribution is 2.30. The molecule has 0 aliphatic heterocycles. The second kappa shape index (κ2) is 5.44. The van der Waals surface area contributed by atoms with Crippen LogP contribution in [-0.2, 0) is 17.8 Å². The number of aromatic nitrogens is 1. The molecule has 1 heterocycles. The van der Waals surface area contributed by atoms with Gasteiger partial charge in [-0.05, 0) is 35.4 Å². The van der Waals surface area contributed by atoms with E-state index < -0.39 is 5.97 Å². The molecule has 0 saturated carbocycles. The zero-order valence-corrected chi connectivity index (χ0v) is 11.7. The number of aliphatic carboxylic acids is 1. The van der Waals surface area contributed by atoms with Crippen LogP contribution in [0.3, 0.4) is 0 Å². The Labute approximate surface area is 126 Å². The number of fused-ring (bicyclic) bond motifs is 1. The summed E-state index contributed by atoms with van der Waals surface area (Å²) in [7, 11) is 0. The van der Waals surface area contributed by atoms with E-state index in [9.17, 15) is 15.0 Å². The van der Waals surface area contributed by atoms with Crippen LogP contribution in [-0.4, -0.2) is 25.9 Å². The molecule has 0 bridgehead atoms. The lowest BCUT2D eigenvalue weighted by Crippen LogP contribution is -2.00. The quantitative estimate of drug-likeness (QED) is 0.691. The van der Waals surface area contributed by atoms with E-state index in [2.05, 4.69) is 0 Å². The van der Waals surface area contributed by atoms with Crippen LogP contribution in [0.5, 0.6) is 11.5 Å². The molecule has 5 heteroatoms. The van der Waals surface area contributed by atoms with E-state index in [0.717, 1.165) is 11.1 Å². The third kappa shape index (κ3) is 2.61. The molecule has 0 saturated heterocycles. The molecule has 112 valence electrons. The van der Waals surface area contributed by atoms with Gasteiger partial charge in [-0.3, -0.25) is 4.79 Å². The summed E-state index contributed by atoms with van der Waals surface area (Å²) in [5.41, 5.74) is 2.34. The van der Waals surface area contributed by atoms with Crippen LogP contribution >= 0.6 is 0 Å². The molecule has 0 atom stereocenters. The molecule has 0 fully saturated rings. The minimum Gasteiger partial charge on any atom is -0.508 e. The minimum absolute atomic E-state index is 0.0817. The Balaban J connectivity index is 2.07. The van der Waals surface area contributed by atoms with Gasteiger partial charge in [-0.1, -0.05) is 18.2 Å². The second-order valence-electron chi connectivity index (χ2n) is 5.19. The Morgan fingerprint density at radius 2 is 1.77 bits per heavy atom. The number of rotatable bonds is 4. The Kier molecular flexibility index (Phi) is 3.47. The summed E-state index contributed by atoms with van der Waals surface area (Å²) in [6.45, 7) is 0.528. The maximum atomic E-state index is 11.0. The fourth-order valence-corrected chi connectivity index (χ4v) is 2.64. The van der Waals surface area contributed by atoms with E-state index in [1.54, 1.807) is 42.6 Å². The van der Waals surface area contributed by atoms with Gasteiger partial charge in [-0.15, -0.1) is 0 Å². The van der Waals surface area contributed by atoms with E-state index in [1.807, 2.05) is 10.6 Å². The van der Waals surface area contributed by atoms with Gasteiger partial charge in [0.15, 0.2) is 0 Å². The van der Waals surface area contributed by atoms with Crippen molar-refractivity contribution in [3.63, 3.8) is 0 Å². The number of phenolic OH excluding ortho intramolecular Hbond substituents is 2. The summed E-state index contributed by atoms with van der Waals surface area (Å²) in [6, 6.07) is 12.0. The molecule has 3 N–H and O–H groups in total. The van der Waals surface area contributed by atoms with Crippen molar-refractivity contribution in [2.45, 2.75) is 13.0 Å². The van der Waals surface area contributed by atoms with Crippen LogP contribution in [0.2, 0.25) is 0 Å². The lowest BCUT2D eigenvalue weighted by Gasteiger charge is -2.06. The van der Waals surface area contributed by atoms with Crippen LogP contribution in [0.15, 0.2) is 48.7 Å². The summed E-state index contributed by atoms with van der Waals surface area (Å²) < 4.78 is 1.90. The van der Waals surface area contributed by atoms with Crippen molar-refractivity contribution >= 4 is 16.9 Å². The average Bonchev–Trinajstić information content (AvgIpc) is 2.80. The van der Waals surface area contributed by atoms with Gasteiger partial charge in [0.05, 0.1) is 11.9 Å². The zero-order valence-electron chi connectivity index (χ0n) is 11.7. The Bertz CT molecular complexity index is 834. The molecular weight excluding hydrogens is 282 g/mol. The molecule has 3 aromatic rings. The van der Waals surface area contributed by atoms with Crippen molar-refractivity contribution in [3.8, 4) is 11.5 Å². The third-order valence-electron chi connectivity index (χ3n) is 3.59. The van der Waals surface area contributed by atoms with Crippen molar-refractivity contribution in [1.29, 1.82) is 0 Å². The number of phenols is 2. The smallest absolute Gasteiger partial charge is 0.307 e. The Hall–Kier alpha value is -2.95. The van der Waals surface area contributed by atoms with Crippen LogP contribution in [0.4, 0.5) is 0 Å². The van der Waals surface area contributed by atoms with Crippen molar-refractivity contribution in [1.82, 2.24) is 4.57 Å². The van der Waals surface area contributed by atoms with Crippen molar-refractivity contribution < 1.29 is 20.1 Å². The molecule has 1 aromatic heterocycles. The predicted octanol–water partition coefficient (Wildman–Crippen LogP) is 2.73. The summed E-state index contributed by atoms with van der Waals surface area (Å²) in [6.07, 6.45) is 1.61. The number of hydrogen-bond donors (Lipinski definition) is 3. The molecule has 0 amide bonds. The van der Waals surface area contributed by atoms with Gasteiger partial charge in [0.2, 0.25) is 0 Å². The Morgan fingerprint density at radius 3 is 2.45 bits per heavy atom. The van der Waals surface area contributed by atoms with Gasteiger partial charge in [0.25, 0.3) is 0 Å². The maximum Gasteiger partial charge on any atom is 0.307 e. The lowest BCUT2D eigenvalue weighted by atomic mass is 10.1. The fourth-order valence-electron chi connectivity index (χ4n) is 2.64. The largest absolute Gasteiger partial charge is 0.508 e. The summed E-state index contributed by atoms with van der Waals surface area (Å²) in [5.74, 6) is -0.657. The number of carboxylic acid groups (broad SMARTS) is 1. The minimum atomic E-state index is -0.938. The highest BCUT2D eigenvalue weighted by Gasteiger charge is 2.14. The van der Waals surface area contributed by atoms with Crippen LogP contribution in [0.1, 0.15) is 11.1 Å². The van der Waals surface area contributed by atoms with E-state index in [4.69, 9.17) is 5.11 Å². The molecule has 0 aliphatic rings. The summed E-state index contributed by atoms with van der Waals surface area (Å²) in [5, 5.41) is 29.0. The predicted molar refractivity (Wildman–Crippen MR) is 82.2 cm³/mol. The monoisotopic (exact) mass is 297 g/mol. The van der Waals surface area contributed by atoms with E-state index in [0.29, 0.717) is 17.5 Å². The van der Waals surface area contributed by atoms with Gasteiger partial charge in [-0.2, -0.15) is 0 Å². The van der Waals surface area contributed by atoms with Gasteiger partial charge in [0, 0.05) is 18.1 Å². The second-order valence-corrected chi connectivity index (χ2v) is 5.19. The first-order valence-corrected chi connectivity index (χ1v) is 6.84. The van der Waals surface area contributed by atoms with Gasteiger partial charge < -0.3 is 19.9 Å². The number of aromatic hydroxyl groups is 2. The average molecular weight is 297 g/mol. The SMILES string of the molecule is O=C(O)Cc1cn(Cc2ccc(O)cc2)c2cccc(O)c12. The highest BCUT2D eigenvalue weighted by molar-refractivity contribution is 5.92. The fraction of sp³-hybridized carbons (Fsp3) is 0.118. The van der Waals surface area contributed by atoms with E-state index in [-0.39, 0.29) is 17.9 Å². The number of hydrogen-bond acceptors (Lipinski definition) is 3. The Morgan fingerprint density at radius 1 is 1.05 bits per heavy atom. The molecule has 0 radical (unpaired) electrons. The van der Waals surface area contributed by atoms with Crippen molar-refractivity contribution in [3.05, 3.63) is 59.8 Å². The highest BCUT2D eigenvalue weighted by atomic mass is 16.4. The molecule has 3 rings (SSSR count). The third-order valence-corrected chi connectivity index (χ3v) is 3.59. The maximum absolute atomic E-state index is 11.0. The number of carbonyl (C=O) groups is 1. The first-order valence-electron chi connectivity index (χ1n) is 6.84. The normalized spacial score (nSPS) is 10.9. The zero-order chi connectivity index (χ0) is 15.7. The van der Waals surface area contributed by atoms with Crippen molar-refractivity contribution in [2.24, 2.45) is 0 Å². The molecule has 0 aliphatic carbocycles. The molecule has 2 aromatic carbocycles. The topological polar surface area (TPSA) is 82.7 Å². The van der Waals surface area contributed by atoms with Crippen LogP contribution in [0.25, 0.3) is 10.9 Å². The summed E-state index contributed by atoms with van der Waals surface area (Å²) >= 11 is 0. The molecule has 22 heavy (non-hydrogen) atoms. The lowest BCUT2D eigenvalue weighted by molar-refractivity contribution is -0.136. The van der Waals surface area contributed by atoms with Gasteiger partial charge >= 0.3 is 5.97 Å². The van der Waals surface area contributed by atoms with Gasteiger partial charge in [0.1, 0.15) is 11.5 Å². The van der Waals surface area contributed by atoms with E-state index in [1.165, 1.54) is 0 Å².